The molecule has 1 heterocycles. The zero-order valence-corrected chi connectivity index (χ0v) is 23.9. The molecule has 6 N–H and O–H groups in total. The molecule has 2 fully saturated rings. The molecule has 1 spiro atoms. The Balaban J connectivity index is 1.46. The van der Waals surface area contributed by atoms with Gasteiger partial charge in [0.05, 0.1) is 11.6 Å². The van der Waals surface area contributed by atoms with Crippen LogP contribution in [0, 0.1) is 17.3 Å². The Labute approximate surface area is 238 Å². The summed E-state index contributed by atoms with van der Waals surface area (Å²) < 4.78 is 0. The predicted octanol–water partition coefficient (Wildman–Crippen LogP) is 1.17. The first-order valence-corrected chi connectivity index (χ1v) is 14.1. The summed E-state index contributed by atoms with van der Waals surface area (Å²) in [5, 5.41) is 45.7. The van der Waals surface area contributed by atoms with Crippen LogP contribution in [0.5, 0.6) is 5.75 Å². The molecule has 220 valence electrons. The van der Waals surface area contributed by atoms with Gasteiger partial charge in [0, 0.05) is 56.5 Å². The molecule has 0 radical (unpaired) electrons. The van der Waals surface area contributed by atoms with Crippen LogP contribution in [0.2, 0.25) is 0 Å². The quantitative estimate of drug-likeness (QED) is 0.326. The van der Waals surface area contributed by atoms with Crippen molar-refractivity contribution >= 4 is 23.2 Å². The van der Waals surface area contributed by atoms with E-state index in [1.165, 1.54) is 19.3 Å². The molecule has 1 saturated carbocycles. The molecular weight excluding hydrogens is 528 g/mol. The molecule has 1 aliphatic heterocycles. The van der Waals surface area contributed by atoms with Gasteiger partial charge >= 0.3 is 0 Å². The van der Waals surface area contributed by atoms with Crippen LogP contribution in [0.1, 0.15) is 47.2 Å². The molecule has 11 nitrogen and oxygen atoms in total. The molecule has 6 rings (SSSR count). The number of anilines is 1. The number of phenols is 1. The molecule has 1 aromatic rings. The summed E-state index contributed by atoms with van der Waals surface area (Å²) in [5.41, 5.74) is 4.29. The number of benzene rings is 1. The van der Waals surface area contributed by atoms with E-state index in [0.29, 0.717) is 23.1 Å². The van der Waals surface area contributed by atoms with E-state index in [9.17, 15) is 34.8 Å². The molecule has 1 aromatic carbocycles. The first-order chi connectivity index (χ1) is 19.2. The van der Waals surface area contributed by atoms with Gasteiger partial charge in [-0.1, -0.05) is 6.42 Å². The van der Waals surface area contributed by atoms with Gasteiger partial charge in [0.1, 0.15) is 22.8 Å². The zero-order chi connectivity index (χ0) is 29.8. The van der Waals surface area contributed by atoms with E-state index >= 15 is 0 Å². The third kappa shape index (κ3) is 3.71. The molecule has 41 heavy (non-hydrogen) atoms. The lowest BCUT2D eigenvalue weighted by molar-refractivity contribution is -0.148. The minimum atomic E-state index is -2.64. The summed E-state index contributed by atoms with van der Waals surface area (Å²) in [7, 11) is 6.96. The Kier molecular flexibility index (Phi) is 6.12. The minimum Gasteiger partial charge on any atom is -0.510 e. The number of hydrogen-bond donors (Lipinski definition) is 5. The van der Waals surface area contributed by atoms with Gasteiger partial charge < -0.3 is 31.1 Å². The molecule has 1 saturated heterocycles. The molecule has 1 amide bonds. The van der Waals surface area contributed by atoms with Crippen LogP contribution in [0.15, 0.2) is 28.7 Å². The van der Waals surface area contributed by atoms with E-state index in [2.05, 4.69) is 4.90 Å². The topological polar surface area (TPSA) is 168 Å². The van der Waals surface area contributed by atoms with E-state index in [0.717, 1.165) is 18.8 Å². The summed E-state index contributed by atoms with van der Waals surface area (Å²) in [6, 6.07) is 0.904. The number of hydrogen-bond acceptors (Lipinski definition) is 10. The van der Waals surface area contributed by atoms with E-state index < -0.39 is 58.0 Å². The first-order valence-electron chi connectivity index (χ1n) is 14.1. The number of primary amides is 1. The number of allylic oxidation sites excluding steroid dienone is 1. The average molecular weight is 567 g/mol. The maximum Gasteiger partial charge on any atom is 0.255 e. The van der Waals surface area contributed by atoms with Gasteiger partial charge in [-0.25, -0.2) is 0 Å². The Morgan fingerprint density at radius 2 is 1.78 bits per heavy atom. The van der Waals surface area contributed by atoms with Gasteiger partial charge in [-0.05, 0) is 62.7 Å². The van der Waals surface area contributed by atoms with Crippen molar-refractivity contribution in [3.8, 4) is 5.75 Å². The van der Waals surface area contributed by atoms with E-state index in [1.807, 2.05) is 25.1 Å². The highest BCUT2D eigenvalue weighted by molar-refractivity contribution is 6.25. The second-order valence-corrected chi connectivity index (χ2v) is 13.1. The molecule has 11 heteroatoms. The number of aromatic hydroxyl groups is 1. The van der Waals surface area contributed by atoms with Gasteiger partial charge in [-0.15, -0.1) is 0 Å². The fraction of sp³-hybridized carbons (Fsp3) is 0.567. The fourth-order valence-electron chi connectivity index (χ4n) is 8.12. The monoisotopic (exact) mass is 566 g/mol. The maximum absolute atomic E-state index is 14.2. The number of nitrogens with zero attached hydrogens (tertiary/aromatic N) is 3. The lowest BCUT2D eigenvalue weighted by Crippen LogP contribution is -2.63. The van der Waals surface area contributed by atoms with Crippen molar-refractivity contribution in [2.24, 2.45) is 23.0 Å². The molecule has 0 aromatic heterocycles. The lowest BCUT2D eigenvalue weighted by Gasteiger charge is -2.56. The number of Topliss-reactive ketones (excluding diaryl/α,β-unsaturated/α-hetero) is 2. The van der Waals surface area contributed by atoms with E-state index in [1.54, 1.807) is 19.0 Å². The minimum absolute atomic E-state index is 0.0610. The third-order valence-corrected chi connectivity index (χ3v) is 10.2. The highest BCUT2D eigenvalue weighted by Crippen LogP contribution is 2.54. The van der Waals surface area contributed by atoms with Crippen molar-refractivity contribution < 1.29 is 34.8 Å². The SMILES string of the molecule is CN(C)c1cc(CN2CC3(CCC3)C2)c(O)c2c1C[C@H]1C[C@H]3[C@H](N(C)C)C(O)=C(C(N)=O)C(=O)[C@@]3(O)C(O)=C1C2=O. The third-order valence-electron chi connectivity index (χ3n) is 10.2. The van der Waals surface area contributed by atoms with Crippen LogP contribution in [0.25, 0.3) is 0 Å². The number of phenolic OH excluding ortho intramolecular Hbond substituents is 1. The number of ketones is 2. The number of rotatable bonds is 5. The number of aliphatic hydroxyl groups excluding tert-OH is 2. The number of carbonyl (C=O) groups excluding carboxylic acids is 3. The predicted molar refractivity (Wildman–Crippen MR) is 150 cm³/mol. The van der Waals surface area contributed by atoms with Crippen LogP contribution < -0.4 is 10.6 Å². The number of fused-ring (bicyclic) bond motifs is 3. The Bertz CT molecular complexity index is 1450. The summed E-state index contributed by atoms with van der Waals surface area (Å²) in [6.07, 6.45) is 4.02. The second kappa shape index (κ2) is 9.04. The van der Waals surface area contributed by atoms with Crippen molar-refractivity contribution in [3.63, 3.8) is 0 Å². The highest BCUT2D eigenvalue weighted by Gasteiger charge is 2.63. The Morgan fingerprint density at radius 1 is 1.12 bits per heavy atom. The summed E-state index contributed by atoms with van der Waals surface area (Å²) >= 11 is 0. The van der Waals surface area contributed by atoms with Gasteiger partial charge in [-0.3, -0.25) is 24.2 Å². The van der Waals surface area contributed by atoms with Crippen LogP contribution in [0.4, 0.5) is 5.69 Å². The van der Waals surface area contributed by atoms with E-state index in [-0.39, 0.29) is 29.7 Å². The Morgan fingerprint density at radius 3 is 2.32 bits per heavy atom. The van der Waals surface area contributed by atoms with Crippen molar-refractivity contribution in [3.05, 3.63) is 45.4 Å². The Hall–Kier alpha value is -3.41. The normalized spacial score (nSPS) is 30.5. The van der Waals surface area contributed by atoms with Crippen molar-refractivity contribution in [1.29, 1.82) is 0 Å². The fourth-order valence-corrected chi connectivity index (χ4v) is 8.12. The number of likely N-dealkylation sites (tertiary alicyclic amines) is 1. The van der Waals surface area contributed by atoms with Crippen molar-refractivity contribution in [2.45, 2.75) is 50.3 Å². The van der Waals surface area contributed by atoms with Crippen molar-refractivity contribution in [2.75, 3.05) is 46.2 Å². The van der Waals surface area contributed by atoms with Crippen LogP contribution in [0.3, 0.4) is 0 Å². The van der Waals surface area contributed by atoms with Crippen LogP contribution in [-0.4, -0.2) is 101 Å². The summed E-state index contributed by atoms with van der Waals surface area (Å²) in [5.74, 6) is -6.35. The standard InChI is InChI=1S/C30H38N4O7/c1-32(2)18-10-15(11-34-12-29(13-34)6-5-7-29)23(35)20-16(18)8-14-9-17-22(33(3)4)25(37)21(28(31)40)27(39)30(17,41)26(38)19(14)24(20)36/h10,14,17,22,35,37-38,41H,5-9,11-13H2,1-4H3,(H2,31,40)/t14-,17-,22-,30-/m0/s1. The number of carbonyl (C=O) groups is 3. The summed E-state index contributed by atoms with van der Waals surface area (Å²) in [6.45, 7) is 2.38. The van der Waals surface area contributed by atoms with Gasteiger partial charge in [0.2, 0.25) is 5.78 Å². The molecule has 5 aliphatic rings. The second-order valence-electron chi connectivity index (χ2n) is 13.1. The molecule has 4 aliphatic carbocycles. The van der Waals surface area contributed by atoms with Gasteiger partial charge in [0.15, 0.2) is 11.4 Å². The largest absolute Gasteiger partial charge is 0.510 e. The van der Waals surface area contributed by atoms with Crippen molar-refractivity contribution in [1.82, 2.24) is 9.80 Å². The average Bonchev–Trinajstić information content (AvgIpc) is 2.82. The van der Waals surface area contributed by atoms with Crippen LogP contribution >= 0.6 is 0 Å². The zero-order valence-electron chi connectivity index (χ0n) is 23.9. The molecule has 4 atom stereocenters. The van der Waals surface area contributed by atoms with Gasteiger partial charge in [0.25, 0.3) is 5.91 Å². The first kappa shape index (κ1) is 27.7. The number of nitrogens with two attached hydrogens (primary N) is 1. The number of amides is 1. The highest BCUT2D eigenvalue weighted by atomic mass is 16.3. The maximum atomic E-state index is 14.2. The number of aliphatic hydroxyl groups is 3. The molecular formula is C30H38N4O7. The van der Waals surface area contributed by atoms with E-state index in [4.69, 9.17) is 5.73 Å². The number of likely N-dealkylation sites (N-methyl/N-ethyl adjacent to an activating group) is 1. The molecule has 0 unspecified atom stereocenters. The van der Waals surface area contributed by atoms with Crippen LogP contribution in [-0.2, 0) is 22.6 Å². The summed E-state index contributed by atoms with van der Waals surface area (Å²) in [4.78, 5) is 45.5. The smallest absolute Gasteiger partial charge is 0.255 e. The van der Waals surface area contributed by atoms with Gasteiger partial charge in [-0.2, -0.15) is 0 Å². The molecule has 0 bridgehead atoms. The lowest BCUT2D eigenvalue weighted by atomic mass is 9.58.